The average Bonchev–Trinajstić information content (AvgIpc) is 3.32. The van der Waals surface area contributed by atoms with Gasteiger partial charge < -0.3 is 10.6 Å². The summed E-state index contributed by atoms with van der Waals surface area (Å²) < 4.78 is 0. The number of hydrogen-bond acceptors (Lipinski definition) is 5. The molecule has 1 spiro atoms. The number of aromatic nitrogens is 2. The molecule has 148 valence electrons. The lowest BCUT2D eigenvalue weighted by atomic mass is 9.79. The third kappa shape index (κ3) is 4.60. The van der Waals surface area contributed by atoms with E-state index in [1.165, 1.54) is 38.5 Å². The number of piperidine rings is 1. The largest absolute Gasteiger partial charge is 0.368 e. The lowest BCUT2D eigenvalue weighted by Gasteiger charge is -2.40. The van der Waals surface area contributed by atoms with Crippen molar-refractivity contribution in [2.75, 3.05) is 31.9 Å². The zero-order chi connectivity index (χ0) is 18.7. The smallest absolute Gasteiger partial charge is 0.222 e. The molecule has 3 aliphatic rings. The molecule has 2 aliphatic heterocycles. The summed E-state index contributed by atoms with van der Waals surface area (Å²) >= 11 is 0. The van der Waals surface area contributed by atoms with Gasteiger partial charge in [-0.25, -0.2) is 9.97 Å². The molecule has 2 N–H and O–H groups in total. The second kappa shape index (κ2) is 8.13. The van der Waals surface area contributed by atoms with Gasteiger partial charge in [-0.1, -0.05) is 25.7 Å². The van der Waals surface area contributed by atoms with Gasteiger partial charge in [0.1, 0.15) is 0 Å². The van der Waals surface area contributed by atoms with Gasteiger partial charge in [0.15, 0.2) is 0 Å². The Kier molecular flexibility index (Phi) is 5.62. The lowest BCUT2D eigenvalue weighted by Crippen LogP contribution is -2.47. The number of nitrogens with zero attached hydrogens (tertiary/aromatic N) is 4. The molecule has 1 saturated carbocycles. The Hall–Kier alpha value is -1.69. The van der Waals surface area contributed by atoms with E-state index < -0.39 is 0 Å². The molecular formula is C21H33N5O. The first-order valence-electron chi connectivity index (χ1n) is 10.7. The highest BCUT2D eigenvalue weighted by Crippen LogP contribution is 2.40. The number of rotatable bonds is 5. The van der Waals surface area contributed by atoms with Gasteiger partial charge in [-0.2, -0.15) is 0 Å². The van der Waals surface area contributed by atoms with E-state index in [1.807, 2.05) is 12.4 Å². The van der Waals surface area contributed by atoms with Crippen LogP contribution < -0.4 is 5.73 Å². The number of anilines is 1. The number of likely N-dealkylation sites (tertiary alicyclic amines) is 2. The van der Waals surface area contributed by atoms with Crippen molar-refractivity contribution in [2.45, 2.75) is 64.3 Å². The molecule has 6 nitrogen and oxygen atoms in total. The topological polar surface area (TPSA) is 75.3 Å². The SMILES string of the molecule is Nc1ncc(CN2CC[C@]3(CCCN(C(=O)CCC4CCCC4)C3)C2)cn1. The second-order valence-electron chi connectivity index (χ2n) is 9.02. The highest BCUT2D eigenvalue weighted by Gasteiger charge is 2.42. The minimum absolute atomic E-state index is 0.288. The minimum atomic E-state index is 0.288. The summed E-state index contributed by atoms with van der Waals surface area (Å²) in [5.74, 6) is 1.53. The van der Waals surface area contributed by atoms with Gasteiger partial charge in [-0.15, -0.1) is 0 Å². The first-order chi connectivity index (χ1) is 13.1. The van der Waals surface area contributed by atoms with E-state index in [2.05, 4.69) is 19.8 Å². The summed E-state index contributed by atoms with van der Waals surface area (Å²) in [5, 5.41) is 0. The van der Waals surface area contributed by atoms with Crippen LogP contribution in [0.15, 0.2) is 12.4 Å². The molecule has 0 radical (unpaired) electrons. The normalized spacial score (nSPS) is 26.9. The number of carbonyl (C=O) groups excluding carboxylic acids is 1. The van der Waals surface area contributed by atoms with E-state index in [0.29, 0.717) is 11.9 Å². The van der Waals surface area contributed by atoms with Crippen molar-refractivity contribution in [3.8, 4) is 0 Å². The minimum Gasteiger partial charge on any atom is -0.368 e. The third-order valence-electron chi connectivity index (χ3n) is 6.90. The van der Waals surface area contributed by atoms with Crippen LogP contribution in [-0.4, -0.2) is 51.9 Å². The van der Waals surface area contributed by atoms with Crippen LogP contribution in [0.1, 0.15) is 63.4 Å². The van der Waals surface area contributed by atoms with Crippen LogP contribution in [0.3, 0.4) is 0 Å². The van der Waals surface area contributed by atoms with E-state index in [4.69, 9.17) is 5.73 Å². The third-order valence-corrected chi connectivity index (χ3v) is 6.90. The van der Waals surface area contributed by atoms with E-state index in [9.17, 15) is 4.79 Å². The molecule has 0 unspecified atom stereocenters. The number of nitrogen functional groups attached to an aromatic ring is 1. The number of hydrogen-bond donors (Lipinski definition) is 1. The van der Waals surface area contributed by atoms with E-state index in [1.54, 1.807) is 0 Å². The fraction of sp³-hybridized carbons (Fsp3) is 0.762. The molecule has 6 heteroatoms. The molecule has 1 amide bonds. The Morgan fingerprint density at radius 1 is 1.11 bits per heavy atom. The molecule has 27 heavy (non-hydrogen) atoms. The first-order valence-corrected chi connectivity index (χ1v) is 10.7. The maximum Gasteiger partial charge on any atom is 0.222 e. The summed E-state index contributed by atoms with van der Waals surface area (Å²) in [5.41, 5.74) is 6.98. The van der Waals surface area contributed by atoms with Gasteiger partial charge >= 0.3 is 0 Å². The quantitative estimate of drug-likeness (QED) is 0.861. The summed E-state index contributed by atoms with van der Waals surface area (Å²) in [4.78, 5) is 25.6. The Morgan fingerprint density at radius 3 is 2.67 bits per heavy atom. The Balaban J connectivity index is 1.29. The van der Waals surface area contributed by atoms with Gasteiger partial charge in [-0.05, 0) is 38.1 Å². The van der Waals surface area contributed by atoms with E-state index in [-0.39, 0.29) is 5.41 Å². The van der Waals surface area contributed by atoms with Gasteiger partial charge in [0.05, 0.1) is 0 Å². The summed E-state index contributed by atoms with van der Waals surface area (Å²) in [6.07, 6.45) is 14.5. The van der Waals surface area contributed by atoms with Crippen LogP contribution in [0.5, 0.6) is 0 Å². The molecule has 0 bridgehead atoms. The summed E-state index contributed by atoms with van der Waals surface area (Å²) in [6, 6.07) is 0. The molecule has 1 aromatic rings. The zero-order valence-electron chi connectivity index (χ0n) is 16.4. The first kappa shape index (κ1) is 18.7. The van der Waals surface area contributed by atoms with Gasteiger partial charge in [0.2, 0.25) is 11.9 Å². The molecule has 1 aromatic heterocycles. The van der Waals surface area contributed by atoms with Crippen molar-refractivity contribution in [2.24, 2.45) is 11.3 Å². The Bertz CT molecular complexity index is 642. The van der Waals surface area contributed by atoms with Crippen molar-refractivity contribution in [3.63, 3.8) is 0 Å². The number of amides is 1. The maximum atomic E-state index is 12.8. The lowest BCUT2D eigenvalue weighted by molar-refractivity contribution is -0.134. The average molecular weight is 372 g/mol. The standard InChI is InChI=1S/C21H33N5O/c22-20-23-12-18(13-24-20)14-25-11-9-21(15-25)8-3-10-26(16-21)19(27)7-6-17-4-1-2-5-17/h12-13,17H,1-11,14-16H2,(H2,22,23,24)/t21-/m1/s1. The van der Waals surface area contributed by atoms with Crippen LogP contribution in [0.25, 0.3) is 0 Å². The maximum absolute atomic E-state index is 12.8. The van der Waals surface area contributed by atoms with Crippen molar-refractivity contribution in [1.29, 1.82) is 0 Å². The van der Waals surface area contributed by atoms with Crippen LogP contribution in [0, 0.1) is 11.3 Å². The van der Waals surface area contributed by atoms with Crippen molar-refractivity contribution in [3.05, 3.63) is 18.0 Å². The Labute approximate surface area is 162 Å². The molecule has 3 fully saturated rings. The molecule has 2 saturated heterocycles. The highest BCUT2D eigenvalue weighted by atomic mass is 16.2. The molecule has 1 atom stereocenters. The highest BCUT2D eigenvalue weighted by molar-refractivity contribution is 5.76. The van der Waals surface area contributed by atoms with Crippen LogP contribution >= 0.6 is 0 Å². The van der Waals surface area contributed by atoms with Crippen LogP contribution in [0.4, 0.5) is 5.95 Å². The van der Waals surface area contributed by atoms with Gasteiger partial charge in [0, 0.05) is 56.0 Å². The summed E-state index contributed by atoms with van der Waals surface area (Å²) in [6.45, 7) is 4.94. The molecule has 0 aromatic carbocycles. The second-order valence-corrected chi connectivity index (χ2v) is 9.02. The number of carbonyl (C=O) groups is 1. The fourth-order valence-corrected chi connectivity index (χ4v) is 5.41. The monoisotopic (exact) mass is 371 g/mol. The molecular weight excluding hydrogens is 338 g/mol. The number of nitrogens with two attached hydrogens (primary N) is 1. The van der Waals surface area contributed by atoms with Crippen LogP contribution in [0.2, 0.25) is 0 Å². The predicted molar refractivity (Wildman–Crippen MR) is 106 cm³/mol. The van der Waals surface area contributed by atoms with Crippen molar-refractivity contribution in [1.82, 2.24) is 19.8 Å². The fourth-order valence-electron chi connectivity index (χ4n) is 5.41. The van der Waals surface area contributed by atoms with Crippen molar-refractivity contribution >= 4 is 11.9 Å². The van der Waals surface area contributed by atoms with E-state index in [0.717, 1.165) is 63.5 Å². The molecule has 1 aliphatic carbocycles. The van der Waals surface area contributed by atoms with Gasteiger partial charge in [0.25, 0.3) is 0 Å². The molecule has 3 heterocycles. The molecule has 4 rings (SSSR count). The summed E-state index contributed by atoms with van der Waals surface area (Å²) in [7, 11) is 0. The van der Waals surface area contributed by atoms with Crippen LogP contribution in [-0.2, 0) is 11.3 Å². The van der Waals surface area contributed by atoms with E-state index >= 15 is 0 Å². The van der Waals surface area contributed by atoms with Gasteiger partial charge in [-0.3, -0.25) is 9.69 Å². The van der Waals surface area contributed by atoms with Crippen molar-refractivity contribution < 1.29 is 4.79 Å². The predicted octanol–water partition coefficient (Wildman–Crippen LogP) is 2.84. The zero-order valence-corrected chi connectivity index (χ0v) is 16.4. The Morgan fingerprint density at radius 2 is 1.89 bits per heavy atom.